The third-order valence-corrected chi connectivity index (χ3v) is 7.18. The second kappa shape index (κ2) is 9.85. The van der Waals surface area contributed by atoms with E-state index in [9.17, 15) is 9.59 Å². The lowest BCUT2D eigenvalue weighted by Gasteiger charge is -2.27. The topological polar surface area (TPSA) is 70.7 Å². The van der Waals surface area contributed by atoms with E-state index in [1.54, 1.807) is 25.3 Å². The van der Waals surface area contributed by atoms with E-state index in [1.165, 1.54) is 11.3 Å². The Balaban J connectivity index is 1.48. The van der Waals surface area contributed by atoms with E-state index in [2.05, 4.69) is 10.6 Å². The largest absolute Gasteiger partial charge is 0.497 e. The smallest absolute Gasteiger partial charge is 0.269 e. The van der Waals surface area contributed by atoms with Crippen LogP contribution in [0.2, 0.25) is 5.02 Å². The van der Waals surface area contributed by atoms with Gasteiger partial charge >= 0.3 is 0 Å². The van der Waals surface area contributed by atoms with Crippen LogP contribution in [0.5, 0.6) is 5.75 Å². The lowest BCUT2D eigenvalue weighted by atomic mass is 10.1. The van der Waals surface area contributed by atoms with Gasteiger partial charge < -0.3 is 15.0 Å². The number of ether oxygens (including phenoxy) is 1. The quantitative estimate of drug-likeness (QED) is 0.487. The maximum atomic E-state index is 13.0. The number of amides is 2. The van der Waals surface area contributed by atoms with Crippen LogP contribution >= 0.6 is 35.2 Å². The molecule has 1 aromatic heterocycles. The standard InChI is InChI=1S/C23H22ClN3O3S2/c1-30-14-9-10-16-18(13-14)32-20(19(16)24)21(28)26-23(31)25-17-8-4-3-7-15(17)22(29)27-11-5-2-6-12-27/h3-4,7-10,13H,2,5-6,11-12H2,1H3,(H2,25,26,28,31). The highest BCUT2D eigenvalue weighted by molar-refractivity contribution is 7.80. The zero-order valence-electron chi connectivity index (χ0n) is 17.4. The molecular formula is C23H22ClN3O3S2. The molecular weight excluding hydrogens is 466 g/mol. The summed E-state index contributed by atoms with van der Waals surface area (Å²) < 4.78 is 6.08. The van der Waals surface area contributed by atoms with Crippen molar-refractivity contribution in [2.75, 3.05) is 25.5 Å². The minimum Gasteiger partial charge on any atom is -0.497 e. The third-order valence-electron chi connectivity index (χ3n) is 5.32. The molecule has 3 aromatic rings. The molecule has 6 nitrogen and oxygen atoms in total. The van der Waals surface area contributed by atoms with Crippen LogP contribution in [0.15, 0.2) is 42.5 Å². The molecule has 2 heterocycles. The number of carbonyl (C=O) groups is 2. The Hall–Kier alpha value is -2.68. The fourth-order valence-electron chi connectivity index (χ4n) is 3.68. The average molecular weight is 488 g/mol. The van der Waals surface area contributed by atoms with E-state index < -0.39 is 5.91 Å². The van der Waals surface area contributed by atoms with Gasteiger partial charge in [-0.15, -0.1) is 11.3 Å². The molecule has 9 heteroatoms. The minimum absolute atomic E-state index is 0.0385. The van der Waals surface area contributed by atoms with Crippen molar-refractivity contribution in [2.24, 2.45) is 0 Å². The summed E-state index contributed by atoms with van der Waals surface area (Å²) >= 11 is 13.1. The second-order valence-electron chi connectivity index (χ2n) is 7.41. The summed E-state index contributed by atoms with van der Waals surface area (Å²) in [7, 11) is 1.59. The zero-order valence-corrected chi connectivity index (χ0v) is 19.8. The van der Waals surface area contributed by atoms with Crippen molar-refractivity contribution in [3.8, 4) is 5.75 Å². The number of likely N-dealkylation sites (tertiary alicyclic amines) is 1. The highest BCUT2D eigenvalue weighted by atomic mass is 35.5. The predicted octanol–water partition coefficient (Wildman–Crippen LogP) is 5.32. The van der Waals surface area contributed by atoms with E-state index >= 15 is 0 Å². The second-order valence-corrected chi connectivity index (χ2v) is 9.25. The Morgan fingerprint density at radius 2 is 1.88 bits per heavy atom. The number of thiophene rings is 1. The van der Waals surface area contributed by atoms with Crippen LogP contribution in [0, 0.1) is 0 Å². The monoisotopic (exact) mass is 487 g/mol. The Bertz CT molecular complexity index is 1190. The third kappa shape index (κ3) is 4.72. The van der Waals surface area contributed by atoms with Gasteiger partial charge in [-0.25, -0.2) is 0 Å². The molecule has 0 atom stereocenters. The van der Waals surface area contributed by atoms with Gasteiger partial charge in [0.2, 0.25) is 0 Å². The number of hydrogen-bond donors (Lipinski definition) is 2. The minimum atomic E-state index is -0.410. The number of nitrogens with one attached hydrogen (secondary N) is 2. The number of anilines is 1. The number of hydrogen-bond acceptors (Lipinski definition) is 5. The van der Waals surface area contributed by atoms with Crippen LogP contribution < -0.4 is 15.4 Å². The first-order valence-corrected chi connectivity index (χ1v) is 11.8. The SMILES string of the molecule is COc1ccc2c(Cl)c(C(=O)NC(=S)Nc3ccccc3C(=O)N3CCCCC3)sc2c1. The van der Waals surface area contributed by atoms with Crippen molar-refractivity contribution in [1.82, 2.24) is 10.2 Å². The van der Waals surface area contributed by atoms with Gasteiger partial charge in [-0.3, -0.25) is 14.9 Å². The molecule has 2 N–H and O–H groups in total. The van der Waals surface area contributed by atoms with Crippen LogP contribution in [0.25, 0.3) is 10.1 Å². The van der Waals surface area contributed by atoms with Gasteiger partial charge in [-0.2, -0.15) is 0 Å². The van der Waals surface area contributed by atoms with Gasteiger partial charge in [0.1, 0.15) is 10.6 Å². The molecule has 0 unspecified atom stereocenters. The summed E-state index contributed by atoms with van der Waals surface area (Å²) in [6.45, 7) is 1.51. The molecule has 1 aliphatic heterocycles. The lowest BCUT2D eigenvalue weighted by Crippen LogP contribution is -2.37. The van der Waals surface area contributed by atoms with E-state index in [0.29, 0.717) is 26.9 Å². The number of thiocarbonyl (C=S) groups is 1. The molecule has 0 aliphatic carbocycles. The van der Waals surface area contributed by atoms with Crippen molar-refractivity contribution in [2.45, 2.75) is 19.3 Å². The first kappa shape index (κ1) is 22.5. The van der Waals surface area contributed by atoms with E-state index in [4.69, 9.17) is 28.6 Å². The normalized spacial score (nSPS) is 13.6. The molecule has 0 bridgehead atoms. The molecule has 1 fully saturated rings. The Morgan fingerprint density at radius 1 is 1.12 bits per heavy atom. The van der Waals surface area contributed by atoms with Gasteiger partial charge in [0, 0.05) is 23.2 Å². The molecule has 1 saturated heterocycles. The number of para-hydroxylation sites is 1. The molecule has 4 rings (SSSR count). The number of carbonyl (C=O) groups excluding carboxylic acids is 2. The van der Waals surface area contributed by atoms with Crippen molar-refractivity contribution < 1.29 is 14.3 Å². The summed E-state index contributed by atoms with van der Waals surface area (Å²) in [5, 5.41) is 6.91. The number of nitrogens with zero attached hydrogens (tertiary/aromatic N) is 1. The van der Waals surface area contributed by atoms with E-state index in [0.717, 1.165) is 42.4 Å². The first-order valence-electron chi connectivity index (χ1n) is 10.2. The van der Waals surface area contributed by atoms with Crippen LogP contribution in [0.4, 0.5) is 5.69 Å². The van der Waals surface area contributed by atoms with Crippen molar-refractivity contribution in [3.05, 3.63) is 57.9 Å². The number of benzene rings is 2. The summed E-state index contributed by atoms with van der Waals surface area (Å²) in [5.41, 5.74) is 1.08. The molecule has 0 radical (unpaired) electrons. The lowest BCUT2D eigenvalue weighted by molar-refractivity contribution is 0.0725. The van der Waals surface area contributed by atoms with E-state index in [1.807, 2.05) is 29.2 Å². The Kier molecular flexibility index (Phi) is 6.93. The molecule has 0 saturated carbocycles. The van der Waals surface area contributed by atoms with Crippen LogP contribution in [0.1, 0.15) is 39.3 Å². The number of piperidine rings is 1. The Labute approximate surface area is 200 Å². The van der Waals surface area contributed by atoms with Crippen molar-refractivity contribution in [1.29, 1.82) is 0 Å². The number of fused-ring (bicyclic) bond motifs is 1. The zero-order chi connectivity index (χ0) is 22.7. The van der Waals surface area contributed by atoms with Gasteiger partial charge in [0.25, 0.3) is 11.8 Å². The van der Waals surface area contributed by atoms with Gasteiger partial charge in [-0.1, -0.05) is 23.7 Å². The molecule has 2 amide bonds. The predicted molar refractivity (Wildman–Crippen MR) is 133 cm³/mol. The number of methoxy groups -OCH3 is 1. The molecule has 2 aromatic carbocycles. The highest BCUT2D eigenvalue weighted by Crippen LogP contribution is 2.37. The Morgan fingerprint density at radius 3 is 2.62 bits per heavy atom. The summed E-state index contributed by atoms with van der Waals surface area (Å²) in [4.78, 5) is 28.0. The number of halogens is 1. The number of rotatable bonds is 4. The molecule has 166 valence electrons. The van der Waals surface area contributed by atoms with Crippen LogP contribution in [0.3, 0.4) is 0 Å². The van der Waals surface area contributed by atoms with Gasteiger partial charge in [0.05, 0.1) is 23.4 Å². The maximum Gasteiger partial charge on any atom is 0.269 e. The van der Waals surface area contributed by atoms with Gasteiger partial charge in [-0.05, 0) is 61.8 Å². The summed E-state index contributed by atoms with van der Waals surface area (Å²) in [5.74, 6) is 0.241. The fraction of sp³-hybridized carbons (Fsp3) is 0.261. The first-order chi connectivity index (χ1) is 15.5. The fourth-order valence-corrected chi connectivity index (χ4v) is 5.32. The van der Waals surface area contributed by atoms with Crippen LogP contribution in [-0.4, -0.2) is 42.0 Å². The summed E-state index contributed by atoms with van der Waals surface area (Å²) in [6, 6.07) is 12.6. The van der Waals surface area contributed by atoms with Crippen molar-refractivity contribution in [3.63, 3.8) is 0 Å². The molecule has 1 aliphatic rings. The summed E-state index contributed by atoms with van der Waals surface area (Å²) in [6.07, 6.45) is 3.17. The van der Waals surface area contributed by atoms with E-state index in [-0.39, 0.29) is 11.0 Å². The molecule has 0 spiro atoms. The van der Waals surface area contributed by atoms with Gasteiger partial charge in [0.15, 0.2) is 5.11 Å². The highest BCUT2D eigenvalue weighted by Gasteiger charge is 2.22. The molecule has 32 heavy (non-hydrogen) atoms. The average Bonchev–Trinajstić information content (AvgIpc) is 3.15. The van der Waals surface area contributed by atoms with Crippen molar-refractivity contribution >= 4 is 67.9 Å². The van der Waals surface area contributed by atoms with Crippen LogP contribution in [-0.2, 0) is 0 Å². The maximum absolute atomic E-state index is 13.0.